The second-order valence-electron chi connectivity index (χ2n) is 3.61. The first kappa shape index (κ1) is 12.4. The number of benzene rings is 2. The Hall–Kier alpha value is -1.06. The number of anilines is 1. The van der Waals surface area contributed by atoms with Gasteiger partial charge in [0.05, 0.1) is 4.47 Å². The summed E-state index contributed by atoms with van der Waals surface area (Å²) < 4.78 is 13.7. The van der Waals surface area contributed by atoms with E-state index in [1.54, 1.807) is 6.07 Å². The third-order valence-corrected chi connectivity index (χ3v) is 3.18. The zero-order valence-corrected chi connectivity index (χ0v) is 11.2. The SMILES string of the molecule is Fc1cc(NCc2cccc(Cl)c2)ccc1Br. The average Bonchev–Trinajstić information content (AvgIpc) is 2.31. The fourth-order valence-electron chi connectivity index (χ4n) is 1.46. The summed E-state index contributed by atoms with van der Waals surface area (Å²) in [7, 11) is 0. The molecule has 2 aromatic carbocycles. The van der Waals surface area contributed by atoms with E-state index in [1.807, 2.05) is 30.3 Å². The number of halogens is 3. The van der Waals surface area contributed by atoms with Gasteiger partial charge in [-0.25, -0.2) is 4.39 Å². The van der Waals surface area contributed by atoms with Crippen LogP contribution in [0.15, 0.2) is 46.9 Å². The highest BCUT2D eigenvalue weighted by molar-refractivity contribution is 9.10. The summed E-state index contributed by atoms with van der Waals surface area (Å²) in [4.78, 5) is 0. The zero-order valence-electron chi connectivity index (χ0n) is 8.88. The maximum atomic E-state index is 13.3. The maximum absolute atomic E-state index is 13.3. The molecule has 17 heavy (non-hydrogen) atoms. The summed E-state index contributed by atoms with van der Waals surface area (Å²) in [5.74, 6) is -0.277. The van der Waals surface area contributed by atoms with Crippen molar-refractivity contribution in [3.8, 4) is 0 Å². The normalized spacial score (nSPS) is 10.3. The summed E-state index contributed by atoms with van der Waals surface area (Å²) in [5.41, 5.74) is 1.80. The van der Waals surface area contributed by atoms with Crippen molar-refractivity contribution in [1.82, 2.24) is 0 Å². The number of hydrogen-bond donors (Lipinski definition) is 1. The molecular weight excluding hydrogens is 305 g/mol. The van der Waals surface area contributed by atoms with Crippen LogP contribution >= 0.6 is 27.5 Å². The van der Waals surface area contributed by atoms with Crippen LogP contribution in [-0.2, 0) is 6.54 Å². The molecule has 1 nitrogen and oxygen atoms in total. The van der Waals surface area contributed by atoms with Gasteiger partial charge in [0.2, 0.25) is 0 Å². The van der Waals surface area contributed by atoms with Crippen molar-refractivity contribution >= 4 is 33.2 Å². The van der Waals surface area contributed by atoms with Gasteiger partial charge in [0.15, 0.2) is 0 Å². The number of nitrogens with one attached hydrogen (secondary N) is 1. The molecule has 88 valence electrons. The molecule has 0 saturated carbocycles. The molecule has 0 unspecified atom stereocenters. The fourth-order valence-corrected chi connectivity index (χ4v) is 1.92. The van der Waals surface area contributed by atoms with Gasteiger partial charge >= 0.3 is 0 Å². The van der Waals surface area contributed by atoms with Crippen LogP contribution in [0.2, 0.25) is 5.02 Å². The Bertz CT molecular complexity index is 531. The van der Waals surface area contributed by atoms with E-state index < -0.39 is 0 Å². The first-order valence-electron chi connectivity index (χ1n) is 5.08. The summed E-state index contributed by atoms with van der Waals surface area (Å²) in [6.45, 7) is 0.613. The summed E-state index contributed by atoms with van der Waals surface area (Å²) >= 11 is 8.99. The average molecular weight is 315 g/mol. The molecule has 0 spiro atoms. The smallest absolute Gasteiger partial charge is 0.139 e. The van der Waals surface area contributed by atoms with Crippen LogP contribution in [0.3, 0.4) is 0 Å². The predicted molar refractivity (Wildman–Crippen MR) is 72.9 cm³/mol. The lowest BCUT2D eigenvalue weighted by atomic mass is 10.2. The minimum absolute atomic E-state index is 0.277. The highest BCUT2D eigenvalue weighted by Gasteiger charge is 2.00. The quantitative estimate of drug-likeness (QED) is 0.853. The van der Waals surface area contributed by atoms with Crippen LogP contribution in [0.4, 0.5) is 10.1 Å². The van der Waals surface area contributed by atoms with E-state index in [0.29, 0.717) is 16.0 Å². The van der Waals surface area contributed by atoms with Gasteiger partial charge in [-0.05, 0) is 51.8 Å². The Morgan fingerprint density at radius 2 is 2.00 bits per heavy atom. The Balaban J connectivity index is 2.05. The van der Waals surface area contributed by atoms with E-state index in [2.05, 4.69) is 21.2 Å². The molecule has 0 aliphatic rings. The minimum atomic E-state index is -0.277. The molecule has 0 aromatic heterocycles. The van der Waals surface area contributed by atoms with Gasteiger partial charge in [-0.3, -0.25) is 0 Å². The van der Waals surface area contributed by atoms with E-state index in [4.69, 9.17) is 11.6 Å². The molecule has 0 heterocycles. The Labute approximate surface area is 113 Å². The van der Waals surface area contributed by atoms with Crippen molar-refractivity contribution in [3.63, 3.8) is 0 Å². The van der Waals surface area contributed by atoms with E-state index in [0.717, 1.165) is 11.3 Å². The van der Waals surface area contributed by atoms with Crippen molar-refractivity contribution in [2.75, 3.05) is 5.32 Å². The second-order valence-corrected chi connectivity index (χ2v) is 4.90. The van der Waals surface area contributed by atoms with E-state index in [9.17, 15) is 4.39 Å². The van der Waals surface area contributed by atoms with Crippen LogP contribution in [0, 0.1) is 5.82 Å². The Morgan fingerprint density at radius 1 is 1.18 bits per heavy atom. The van der Waals surface area contributed by atoms with Crippen molar-refractivity contribution in [2.24, 2.45) is 0 Å². The molecule has 0 bridgehead atoms. The third kappa shape index (κ3) is 3.45. The number of hydrogen-bond acceptors (Lipinski definition) is 1. The predicted octanol–water partition coefficient (Wildman–Crippen LogP) is 4.85. The van der Waals surface area contributed by atoms with E-state index in [1.165, 1.54) is 6.07 Å². The van der Waals surface area contributed by atoms with Crippen molar-refractivity contribution in [1.29, 1.82) is 0 Å². The minimum Gasteiger partial charge on any atom is -0.381 e. The monoisotopic (exact) mass is 313 g/mol. The molecule has 0 fully saturated rings. The topological polar surface area (TPSA) is 12.0 Å². The molecule has 0 radical (unpaired) electrons. The molecule has 1 N–H and O–H groups in total. The molecule has 0 amide bonds. The summed E-state index contributed by atoms with van der Waals surface area (Å²) in [6.07, 6.45) is 0. The van der Waals surface area contributed by atoms with Crippen LogP contribution in [0.1, 0.15) is 5.56 Å². The molecule has 0 atom stereocenters. The molecule has 2 rings (SSSR count). The highest BCUT2D eigenvalue weighted by atomic mass is 79.9. The molecule has 0 aliphatic heterocycles. The molecule has 0 saturated heterocycles. The van der Waals surface area contributed by atoms with Crippen LogP contribution in [-0.4, -0.2) is 0 Å². The second kappa shape index (κ2) is 5.52. The molecule has 4 heteroatoms. The van der Waals surface area contributed by atoms with Gasteiger partial charge in [0, 0.05) is 17.3 Å². The molecule has 2 aromatic rings. The zero-order chi connectivity index (χ0) is 12.3. The highest BCUT2D eigenvalue weighted by Crippen LogP contribution is 2.20. The van der Waals surface area contributed by atoms with Crippen LogP contribution in [0.25, 0.3) is 0 Å². The van der Waals surface area contributed by atoms with Crippen molar-refractivity contribution < 1.29 is 4.39 Å². The molecular formula is C13H10BrClFN. The number of rotatable bonds is 3. The Kier molecular flexibility index (Phi) is 4.02. The fraction of sp³-hybridized carbons (Fsp3) is 0.0769. The standard InChI is InChI=1S/C13H10BrClFN/c14-12-5-4-11(7-13(12)16)17-8-9-2-1-3-10(15)6-9/h1-7,17H,8H2. The first-order chi connectivity index (χ1) is 8.15. The molecule has 0 aliphatic carbocycles. The van der Waals surface area contributed by atoms with Gasteiger partial charge in [-0.1, -0.05) is 23.7 Å². The van der Waals surface area contributed by atoms with Crippen LogP contribution < -0.4 is 5.32 Å². The van der Waals surface area contributed by atoms with Gasteiger partial charge in [-0.15, -0.1) is 0 Å². The lowest BCUT2D eigenvalue weighted by Crippen LogP contribution is -1.99. The van der Waals surface area contributed by atoms with Gasteiger partial charge in [0.1, 0.15) is 5.82 Å². The van der Waals surface area contributed by atoms with E-state index >= 15 is 0 Å². The third-order valence-electron chi connectivity index (χ3n) is 2.31. The van der Waals surface area contributed by atoms with Gasteiger partial charge in [-0.2, -0.15) is 0 Å². The van der Waals surface area contributed by atoms with Crippen molar-refractivity contribution in [3.05, 3.63) is 63.3 Å². The van der Waals surface area contributed by atoms with Gasteiger partial charge in [0.25, 0.3) is 0 Å². The van der Waals surface area contributed by atoms with E-state index in [-0.39, 0.29) is 5.82 Å². The lowest BCUT2D eigenvalue weighted by Gasteiger charge is -2.07. The summed E-state index contributed by atoms with van der Waals surface area (Å²) in [6, 6.07) is 12.5. The largest absolute Gasteiger partial charge is 0.381 e. The first-order valence-corrected chi connectivity index (χ1v) is 6.25. The van der Waals surface area contributed by atoms with Gasteiger partial charge < -0.3 is 5.32 Å². The maximum Gasteiger partial charge on any atom is 0.139 e. The summed E-state index contributed by atoms with van der Waals surface area (Å²) in [5, 5.41) is 3.84. The van der Waals surface area contributed by atoms with Crippen LogP contribution in [0.5, 0.6) is 0 Å². The van der Waals surface area contributed by atoms with Crippen molar-refractivity contribution in [2.45, 2.75) is 6.54 Å². The lowest BCUT2D eigenvalue weighted by molar-refractivity contribution is 0.621. The Morgan fingerprint density at radius 3 is 2.71 bits per heavy atom.